The minimum Gasteiger partial charge on any atom is -0.460 e. The number of aryl methyl sites for hydroxylation is 2. The van der Waals surface area contributed by atoms with E-state index in [1.54, 1.807) is 67.1 Å². The molecule has 1 saturated heterocycles. The zero-order chi connectivity index (χ0) is 36.9. The fourth-order valence-corrected chi connectivity index (χ4v) is 7.32. The van der Waals surface area contributed by atoms with Crippen LogP contribution in [0.2, 0.25) is 0 Å². The highest BCUT2D eigenvalue weighted by molar-refractivity contribution is 5.98. The molecule has 268 valence electrons. The van der Waals surface area contributed by atoms with Crippen LogP contribution >= 0.6 is 0 Å². The molecule has 10 nitrogen and oxygen atoms in total. The first kappa shape index (κ1) is 36.9. The number of carbonyl (C=O) groups excluding carboxylic acids is 3. The topological polar surface area (TPSA) is 125 Å². The maximum Gasteiger partial charge on any atom is 0.314 e. The number of benzene rings is 3. The maximum absolute atomic E-state index is 14.5. The van der Waals surface area contributed by atoms with E-state index in [1.165, 1.54) is 12.1 Å². The molecule has 0 spiro atoms. The SMILES string of the molecule is CCC(CC)(C(=O)OCc1ccccc1)[C@H]1CC[C@@H](c2cccc(F)c2)N1C(=O)[C@@H](C)NC(=O)c1ccc(N(C)c2cc(C)n[nH]c2=O)c(C)c1. The molecule has 0 aliphatic carbocycles. The number of halogens is 1. The molecule has 11 heteroatoms. The fraction of sp³-hybridized carbons (Fsp3) is 0.375. The van der Waals surface area contributed by atoms with Gasteiger partial charge in [0.15, 0.2) is 0 Å². The number of rotatable bonds is 12. The minimum atomic E-state index is -1.02. The number of nitrogens with zero attached hydrogens (tertiary/aromatic N) is 3. The third kappa shape index (κ3) is 7.72. The Hall–Kier alpha value is -5.32. The summed E-state index contributed by atoms with van der Waals surface area (Å²) in [7, 11) is 1.76. The van der Waals surface area contributed by atoms with Crippen LogP contribution in [-0.2, 0) is 20.9 Å². The summed E-state index contributed by atoms with van der Waals surface area (Å²) >= 11 is 0. The van der Waals surface area contributed by atoms with E-state index in [0.29, 0.717) is 48.2 Å². The van der Waals surface area contributed by atoms with E-state index >= 15 is 0 Å². The number of nitrogens with one attached hydrogen (secondary N) is 2. The van der Waals surface area contributed by atoms with Crippen molar-refractivity contribution in [2.45, 2.75) is 85.0 Å². The average molecular weight is 696 g/mol. The third-order valence-electron chi connectivity index (χ3n) is 10.2. The second-order valence-corrected chi connectivity index (χ2v) is 13.3. The number of ether oxygens (including phenoxy) is 1. The first-order valence-electron chi connectivity index (χ1n) is 17.4. The van der Waals surface area contributed by atoms with Crippen LogP contribution in [0.4, 0.5) is 15.8 Å². The number of aromatic nitrogens is 2. The number of likely N-dealkylation sites (tertiary alicyclic amines) is 1. The molecular formula is C40H46FN5O5. The van der Waals surface area contributed by atoms with Gasteiger partial charge in [0, 0.05) is 24.3 Å². The average Bonchev–Trinajstić information content (AvgIpc) is 3.58. The van der Waals surface area contributed by atoms with Crippen molar-refractivity contribution in [1.29, 1.82) is 0 Å². The highest BCUT2D eigenvalue weighted by Crippen LogP contribution is 2.47. The van der Waals surface area contributed by atoms with E-state index in [9.17, 15) is 23.6 Å². The van der Waals surface area contributed by atoms with Crippen molar-refractivity contribution in [3.63, 3.8) is 0 Å². The molecule has 1 aromatic heterocycles. The van der Waals surface area contributed by atoms with Gasteiger partial charge in [-0.25, -0.2) is 9.49 Å². The van der Waals surface area contributed by atoms with Crippen LogP contribution in [0, 0.1) is 25.1 Å². The molecule has 4 aromatic rings. The van der Waals surface area contributed by atoms with Gasteiger partial charge < -0.3 is 19.9 Å². The Bertz CT molecular complexity index is 1940. The Labute approximate surface area is 298 Å². The predicted molar refractivity (Wildman–Crippen MR) is 194 cm³/mol. The number of carbonyl (C=O) groups is 3. The van der Waals surface area contributed by atoms with Gasteiger partial charge in [-0.15, -0.1) is 0 Å². The summed E-state index contributed by atoms with van der Waals surface area (Å²) < 4.78 is 20.4. The van der Waals surface area contributed by atoms with Gasteiger partial charge in [-0.2, -0.15) is 5.10 Å². The molecule has 1 aliphatic heterocycles. The second kappa shape index (κ2) is 15.7. The van der Waals surface area contributed by atoms with E-state index < -0.39 is 35.3 Å². The lowest BCUT2D eigenvalue weighted by molar-refractivity contribution is -0.164. The van der Waals surface area contributed by atoms with Crippen LogP contribution in [0.25, 0.3) is 0 Å². The number of hydrogen-bond acceptors (Lipinski definition) is 7. The van der Waals surface area contributed by atoms with Gasteiger partial charge in [0.05, 0.1) is 17.2 Å². The van der Waals surface area contributed by atoms with Crippen molar-refractivity contribution in [3.05, 3.63) is 123 Å². The highest BCUT2D eigenvalue weighted by atomic mass is 19.1. The molecule has 0 radical (unpaired) electrons. The van der Waals surface area contributed by atoms with Gasteiger partial charge >= 0.3 is 5.97 Å². The van der Waals surface area contributed by atoms with Crippen molar-refractivity contribution in [2.24, 2.45) is 5.41 Å². The summed E-state index contributed by atoms with van der Waals surface area (Å²) in [6, 6.07) is 20.4. The van der Waals surface area contributed by atoms with Crippen molar-refractivity contribution >= 4 is 29.2 Å². The fourth-order valence-electron chi connectivity index (χ4n) is 7.32. The van der Waals surface area contributed by atoms with E-state index in [2.05, 4.69) is 15.5 Å². The lowest BCUT2D eigenvalue weighted by Crippen LogP contribution is -2.56. The molecule has 3 aromatic carbocycles. The summed E-state index contributed by atoms with van der Waals surface area (Å²) in [5.74, 6) is -1.64. The Morgan fingerprint density at radius 1 is 1.00 bits per heavy atom. The minimum absolute atomic E-state index is 0.106. The number of esters is 1. The summed E-state index contributed by atoms with van der Waals surface area (Å²) in [6.45, 7) is 9.19. The van der Waals surface area contributed by atoms with Gasteiger partial charge in [-0.1, -0.05) is 56.3 Å². The van der Waals surface area contributed by atoms with Crippen molar-refractivity contribution in [1.82, 2.24) is 20.4 Å². The van der Waals surface area contributed by atoms with Crippen molar-refractivity contribution < 1.29 is 23.5 Å². The molecule has 1 aliphatic rings. The summed E-state index contributed by atoms with van der Waals surface area (Å²) in [4.78, 5) is 58.0. The van der Waals surface area contributed by atoms with Gasteiger partial charge in [-0.3, -0.25) is 19.2 Å². The maximum atomic E-state index is 14.5. The first-order valence-corrected chi connectivity index (χ1v) is 17.4. The number of hydrogen-bond donors (Lipinski definition) is 2. The lowest BCUT2D eigenvalue weighted by Gasteiger charge is -2.43. The van der Waals surface area contributed by atoms with E-state index in [1.807, 2.05) is 51.1 Å². The Kier molecular flexibility index (Phi) is 11.4. The molecule has 2 amide bonds. The van der Waals surface area contributed by atoms with Crippen LogP contribution in [-0.4, -0.2) is 52.0 Å². The summed E-state index contributed by atoms with van der Waals surface area (Å²) in [6.07, 6.45) is 1.87. The van der Waals surface area contributed by atoms with Crippen LogP contribution in [0.5, 0.6) is 0 Å². The highest BCUT2D eigenvalue weighted by Gasteiger charge is 2.53. The number of H-pyrrole nitrogens is 1. The Balaban J connectivity index is 1.40. The van der Waals surface area contributed by atoms with Crippen LogP contribution in [0.15, 0.2) is 83.7 Å². The number of amides is 2. The molecule has 51 heavy (non-hydrogen) atoms. The molecule has 0 bridgehead atoms. The smallest absolute Gasteiger partial charge is 0.314 e. The standard InChI is InChI=1S/C40H46FN5O5/c1-7-40(8-2,39(50)51-24-28-13-10-9-11-14-28)35-20-19-33(29-15-12-16-31(41)23-29)46(35)38(49)27(5)42-36(47)30-17-18-32(25(3)21-30)45(6)34-22-26(4)43-44-37(34)48/h9-18,21-23,27,33,35H,7-8,19-20,24H2,1-6H3,(H,42,47)(H,44,48)/t27-,33+,35-/m1/s1. The van der Waals surface area contributed by atoms with Crippen LogP contribution < -0.4 is 15.8 Å². The van der Waals surface area contributed by atoms with Gasteiger partial charge in [0.25, 0.3) is 11.5 Å². The van der Waals surface area contributed by atoms with Gasteiger partial charge in [0.2, 0.25) is 5.91 Å². The largest absolute Gasteiger partial charge is 0.460 e. The number of aromatic amines is 1. The molecular weight excluding hydrogens is 649 g/mol. The van der Waals surface area contributed by atoms with Gasteiger partial charge in [0.1, 0.15) is 24.2 Å². The third-order valence-corrected chi connectivity index (χ3v) is 10.2. The van der Waals surface area contributed by atoms with E-state index in [-0.39, 0.29) is 24.0 Å². The Morgan fingerprint density at radius 3 is 2.39 bits per heavy atom. The van der Waals surface area contributed by atoms with Crippen LogP contribution in [0.1, 0.15) is 85.2 Å². The first-order chi connectivity index (χ1) is 24.4. The van der Waals surface area contributed by atoms with Gasteiger partial charge in [-0.05, 0) is 99.5 Å². The van der Waals surface area contributed by atoms with Crippen molar-refractivity contribution in [3.8, 4) is 0 Å². The molecule has 0 saturated carbocycles. The molecule has 2 heterocycles. The normalized spacial score (nSPS) is 16.4. The quantitative estimate of drug-likeness (QED) is 0.158. The molecule has 5 rings (SSSR count). The predicted octanol–water partition coefficient (Wildman–Crippen LogP) is 6.69. The zero-order valence-electron chi connectivity index (χ0n) is 30.0. The van der Waals surface area contributed by atoms with Crippen LogP contribution in [0.3, 0.4) is 0 Å². The van der Waals surface area contributed by atoms with Crippen molar-refractivity contribution in [2.75, 3.05) is 11.9 Å². The number of anilines is 2. The molecule has 3 atom stereocenters. The zero-order valence-corrected chi connectivity index (χ0v) is 30.0. The summed E-state index contributed by atoms with van der Waals surface area (Å²) in [5, 5.41) is 9.29. The Morgan fingerprint density at radius 2 is 1.73 bits per heavy atom. The monoisotopic (exact) mass is 695 g/mol. The molecule has 0 unspecified atom stereocenters. The van der Waals surface area contributed by atoms with E-state index in [4.69, 9.17) is 4.74 Å². The summed E-state index contributed by atoms with van der Waals surface area (Å²) in [5.41, 5.74) is 2.99. The molecule has 2 N–H and O–H groups in total. The lowest BCUT2D eigenvalue weighted by atomic mass is 9.74. The molecule has 1 fully saturated rings. The van der Waals surface area contributed by atoms with E-state index in [0.717, 1.165) is 16.8 Å². The second-order valence-electron chi connectivity index (χ2n) is 13.3.